The second kappa shape index (κ2) is 9.32. The van der Waals surface area contributed by atoms with Crippen LogP contribution in [-0.4, -0.2) is 7.11 Å². The van der Waals surface area contributed by atoms with Crippen molar-refractivity contribution in [2.75, 3.05) is 7.11 Å². The Kier molecular flexibility index (Phi) is 12.1. The molecule has 0 aromatic heterocycles. The van der Waals surface area contributed by atoms with Gasteiger partial charge in [0.1, 0.15) is 0 Å². The fraction of sp³-hybridized carbons (Fsp3) is 0.375. The van der Waals surface area contributed by atoms with E-state index in [9.17, 15) is 0 Å². The van der Waals surface area contributed by atoms with Gasteiger partial charge in [0.05, 0.1) is 0 Å². The SMILES string of the molecule is CC1=[C-]CC=C1.[CH2-]OC.[Zr+2]. The van der Waals surface area contributed by atoms with Gasteiger partial charge in [0, 0.05) is 0 Å². The van der Waals surface area contributed by atoms with Gasteiger partial charge >= 0.3 is 26.2 Å². The zero-order valence-electron chi connectivity index (χ0n) is 6.48. The third-order valence-electron chi connectivity index (χ3n) is 0.867. The molecule has 0 atom stereocenters. The molecule has 0 bridgehead atoms. The van der Waals surface area contributed by atoms with Gasteiger partial charge in [-0.05, 0) is 7.11 Å². The van der Waals surface area contributed by atoms with Crippen molar-refractivity contribution in [1.29, 1.82) is 0 Å². The van der Waals surface area contributed by atoms with Gasteiger partial charge in [-0.1, -0.05) is 6.92 Å². The van der Waals surface area contributed by atoms with E-state index in [1.165, 1.54) is 12.7 Å². The van der Waals surface area contributed by atoms with Gasteiger partial charge in [-0.2, -0.15) is 6.08 Å². The Morgan fingerprint density at radius 1 is 1.70 bits per heavy atom. The smallest absolute Gasteiger partial charge is 0.557 e. The first-order valence-corrected chi connectivity index (χ1v) is 2.83. The quantitative estimate of drug-likeness (QED) is 0.563. The van der Waals surface area contributed by atoms with Crippen molar-refractivity contribution in [2.45, 2.75) is 13.3 Å². The van der Waals surface area contributed by atoms with Crippen LogP contribution < -0.4 is 0 Å². The molecule has 0 N–H and O–H groups in total. The Morgan fingerprint density at radius 2 is 2.20 bits per heavy atom. The molecule has 0 aliphatic heterocycles. The molecule has 1 rings (SSSR count). The molecule has 0 saturated heterocycles. The largest absolute Gasteiger partial charge is 2.00 e. The summed E-state index contributed by atoms with van der Waals surface area (Å²) in [5.41, 5.74) is 1.27. The first kappa shape index (κ1) is 13.0. The predicted octanol–water partition coefficient (Wildman–Crippen LogP) is 2.12. The van der Waals surface area contributed by atoms with Crippen molar-refractivity contribution >= 4 is 0 Å². The molecule has 0 spiro atoms. The van der Waals surface area contributed by atoms with Gasteiger partial charge in [-0.25, -0.2) is 18.8 Å². The first-order chi connectivity index (χ1) is 4.31. The summed E-state index contributed by atoms with van der Waals surface area (Å²) in [5.74, 6) is 0. The fourth-order valence-electron chi connectivity index (χ4n) is 0.515. The van der Waals surface area contributed by atoms with Gasteiger partial charge < -0.3 is 4.74 Å². The van der Waals surface area contributed by atoms with E-state index in [0.29, 0.717) is 0 Å². The molecule has 1 aliphatic carbocycles. The maximum Gasteiger partial charge on any atom is 2.00 e. The molecule has 0 radical (unpaired) electrons. The standard InChI is InChI=1S/C6H7.C2H5O.Zr/c1-6-4-2-3-5-6;1-3-2;/h2,4H,3H2,1H3;1H2,2H3;/q2*-1;+2. The van der Waals surface area contributed by atoms with E-state index in [4.69, 9.17) is 0 Å². The Balaban J connectivity index is 0. The van der Waals surface area contributed by atoms with Gasteiger partial charge in [-0.15, -0.1) is 6.42 Å². The van der Waals surface area contributed by atoms with Gasteiger partial charge in [0.15, 0.2) is 0 Å². The maximum absolute atomic E-state index is 4.00. The molecule has 2 heteroatoms. The zero-order chi connectivity index (χ0) is 7.11. The monoisotopic (exact) mass is 214 g/mol. The molecule has 54 valence electrons. The molecule has 0 unspecified atom stereocenters. The van der Waals surface area contributed by atoms with E-state index in [1.807, 2.05) is 0 Å². The number of rotatable bonds is 0. The van der Waals surface area contributed by atoms with E-state index < -0.39 is 0 Å². The van der Waals surface area contributed by atoms with Gasteiger partial charge in [-0.3, -0.25) is 6.08 Å². The van der Waals surface area contributed by atoms with E-state index in [-0.39, 0.29) is 26.2 Å². The van der Waals surface area contributed by atoms with E-state index in [0.717, 1.165) is 6.42 Å². The molecule has 0 heterocycles. The number of allylic oxidation sites excluding steroid dienone is 4. The number of hydrogen-bond donors (Lipinski definition) is 0. The number of ether oxygens (including phenoxy) is 1. The van der Waals surface area contributed by atoms with Crippen molar-refractivity contribution < 1.29 is 30.9 Å². The van der Waals surface area contributed by atoms with Crippen molar-refractivity contribution in [1.82, 2.24) is 0 Å². The molecule has 1 aliphatic rings. The van der Waals surface area contributed by atoms with Crippen LogP contribution in [0.2, 0.25) is 0 Å². The summed E-state index contributed by atoms with van der Waals surface area (Å²) in [6, 6.07) is 0. The topological polar surface area (TPSA) is 9.23 Å². The van der Waals surface area contributed by atoms with Crippen LogP contribution in [0.25, 0.3) is 0 Å². The van der Waals surface area contributed by atoms with Crippen LogP contribution in [0.4, 0.5) is 0 Å². The van der Waals surface area contributed by atoms with Crippen LogP contribution in [0.5, 0.6) is 0 Å². The Labute approximate surface area is 82.3 Å². The van der Waals surface area contributed by atoms with Crippen LogP contribution in [0, 0.1) is 13.2 Å². The summed E-state index contributed by atoms with van der Waals surface area (Å²) in [5, 5.41) is 0. The van der Waals surface area contributed by atoms with Crippen LogP contribution >= 0.6 is 0 Å². The Hall–Kier alpha value is 0.323. The molecule has 0 aromatic carbocycles. The van der Waals surface area contributed by atoms with Crippen LogP contribution in [-0.2, 0) is 30.9 Å². The Morgan fingerprint density at radius 3 is 2.30 bits per heavy atom. The van der Waals surface area contributed by atoms with E-state index in [1.54, 1.807) is 0 Å². The predicted molar refractivity (Wildman–Crippen MR) is 38.6 cm³/mol. The van der Waals surface area contributed by atoms with Crippen LogP contribution in [0.15, 0.2) is 17.7 Å². The summed E-state index contributed by atoms with van der Waals surface area (Å²) in [6.07, 6.45) is 8.33. The molecule has 0 fully saturated rings. The second-order valence-electron chi connectivity index (χ2n) is 1.75. The number of hydrogen-bond acceptors (Lipinski definition) is 1. The molecular formula is C8H12OZr. The van der Waals surface area contributed by atoms with E-state index >= 15 is 0 Å². The minimum absolute atomic E-state index is 0. The third kappa shape index (κ3) is 8.32. The average molecular weight is 215 g/mol. The summed E-state index contributed by atoms with van der Waals surface area (Å²) in [4.78, 5) is 0. The summed E-state index contributed by atoms with van der Waals surface area (Å²) >= 11 is 0. The number of methoxy groups -OCH3 is 1. The third-order valence-corrected chi connectivity index (χ3v) is 0.867. The van der Waals surface area contributed by atoms with E-state index in [2.05, 4.69) is 37.0 Å². The van der Waals surface area contributed by atoms with Crippen molar-refractivity contribution in [2.24, 2.45) is 0 Å². The van der Waals surface area contributed by atoms with Crippen LogP contribution in [0.3, 0.4) is 0 Å². The van der Waals surface area contributed by atoms with Crippen molar-refractivity contribution in [3.63, 3.8) is 0 Å². The molecule has 0 amide bonds. The molecule has 0 saturated carbocycles. The minimum Gasteiger partial charge on any atom is -0.557 e. The average Bonchev–Trinajstić information content (AvgIpc) is 2.20. The zero-order valence-corrected chi connectivity index (χ0v) is 8.94. The molecule has 10 heavy (non-hydrogen) atoms. The molecular weight excluding hydrogens is 203 g/mol. The fourth-order valence-corrected chi connectivity index (χ4v) is 0.515. The van der Waals surface area contributed by atoms with Gasteiger partial charge in [0.25, 0.3) is 0 Å². The summed E-state index contributed by atoms with van der Waals surface area (Å²) in [7, 11) is 4.50. The maximum atomic E-state index is 4.00. The van der Waals surface area contributed by atoms with Crippen molar-refractivity contribution in [3.8, 4) is 0 Å². The molecule has 1 nitrogen and oxygen atoms in total. The summed E-state index contributed by atoms with van der Waals surface area (Å²) in [6.45, 7) is 2.06. The van der Waals surface area contributed by atoms with Gasteiger partial charge in [0.2, 0.25) is 0 Å². The minimum atomic E-state index is 0. The Bertz CT molecular complexity index is 114. The first-order valence-electron chi connectivity index (χ1n) is 2.83. The summed E-state index contributed by atoms with van der Waals surface area (Å²) < 4.78 is 4.00. The van der Waals surface area contributed by atoms with Crippen molar-refractivity contribution in [3.05, 3.63) is 30.9 Å². The normalized spacial score (nSPS) is 12.9. The second-order valence-corrected chi connectivity index (χ2v) is 1.75. The molecule has 0 aromatic rings. The van der Waals surface area contributed by atoms with Crippen LogP contribution in [0.1, 0.15) is 13.3 Å².